The number of hydrogen-bond donors (Lipinski definition) is 0. The third kappa shape index (κ3) is 2.81. The number of halogens is 2. The van der Waals surface area contributed by atoms with Crippen molar-refractivity contribution < 1.29 is 22.7 Å². The van der Waals surface area contributed by atoms with Gasteiger partial charge < -0.3 is 13.9 Å². The number of rotatable bonds is 2. The lowest BCUT2D eigenvalue weighted by Crippen LogP contribution is -2.41. The normalized spacial score (nSPS) is 20.9. The molecule has 0 spiro atoms. The predicted molar refractivity (Wildman–Crippen MR) is 81.2 cm³/mol. The molecule has 0 unspecified atom stereocenters. The van der Waals surface area contributed by atoms with Gasteiger partial charge in [0.25, 0.3) is 0 Å². The molecule has 0 N–H and O–H groups in total. The highest BCUT2D eigenvalue weighted by Crippen LogP contribution is 2.38. The minimum absolute atomic E-state index is 0.0108. The first-order valence-corrected chi connectivity index (χ1v) is 9.36. The first kappa shape index (κ1) is 16.7. The minimum atomic E-state index is -2.88. The zero-order chi connectivity index (χ0) is 16.2. The molecule has 1 aromatic rings. The summed E-state index contributed by atoms with van der Waals surface area (Å²) in [6.45, 7) is 10.1. The predicted octanol–water partition coefficient (Wildman–Crippen LogP) is 2.51. The molecule has 0 bridgehead atoms. The van der Waals surface area contributed by atoms with Crippen LogP contribution in [0.25, 0.3) is 0 Å². The Labute approximate surface area is 124 Å². The molecule has 1 fully saturated rings. The van der Waals surface area contributed by atoms with Crippen LogP contribution in [0.4, 0.5) is 8.78 Å². The lowest BCUT2D eigenvalue weighted by atomic mass is 9.78. The monoisotopic (exact) mass is 316 g/mol. The Kier molecular flexibility index (Phi) is 3.89. The molecule has 116 valence electrons. The maximum absolute atomic E-state index is 14.3. The third-order valence-electron chi connectivity index (χ3n) is 4.18. The van der Waals surface area contributed by atoms with Crippen LogP contribution in [0.1, 0.15) is 27.7 Å². The van der Waals surface area contributed by atoms with E-state index in [2.05, 4.69) is 0 Å². The van der Waals surface area contributed by atoms with E-state index in [1.54, 1.807) is 0 Å². The average Bonchev–Trinajstić information content (AvgIpc) is 2.50. The fraction of sp³-hybridized carbons (Fsp3) is 0.571. The Morgan fingerprint density at radius 3 is 1.90 bits per heavy atom. The van der Waals surface area contributed by atoms with Crippen LogP contribution in [0.5, 0.6) is 0 Å². The molecular formula is C14H20BF2O3P. The van der Waals surface area contributed by atoms with Crippen LogP contribution in [-0.4, -0.2) is 31.7 Å². The van der Waals surface area contributed by atoms with Gasteiger partial charge in [0, 0.05) is 10.8 Å². The Hall–Kier alpha value is -0.705. The van der Waals surface area contributed by atoms with Crippen LogP contribution in [0.15, 0.2) is 12.1 Å². The highest BCUT2D eigenvalue weighted by atomic mass is 31.2. The molecule has 0 atom stereocenters. The topological polar surface area (TPSA) is 35.5 Å². The lowest BCUT2D eigenvalue weighted by Gasteiger charge is -2.32. The van der Waals surface area contributed by atoms with Gasteiger partial charge in [0.2, 0.25) is 0 Å². The molecule has 0 radical (unpaired) electrons. The van der Waals surface area contributed by atoms with E-state index < -0.39 is 37.1 Å². The summed E-state index contributed by atoms with van der Waals surface area (Å²) in [6.07, 6.45) is 0. The standard InChI is InChI=1S/C14H20BF2O3P/c1-13(2)14(3,4)20-15(19-13)9-7-8-10(21(5,6)18)12(17)11(9)16/h7-8H,1-6H3. The van der Waals surface area contributed by atoms with Crippen molar-refractivity contribution in [3.05, 3.63) is 23.8 Å². The van der Waals surface area contributed by atoms with Crippen molar-refractivity contribution in [3.8, 4) is 0 Å². The smallest absolute Gasteiger partial charge is 0.399 e. The Balaban J connectivity index is 2.45. The molecule has 0 aromatic heterocycles. The van der Waals surface area contributed by atoms with Crippen molar-refractivity contribution in [3.63, 3.8) is 0 Å². The van der Waals surface area contributed by atoms with Gasteiger partial charge >= 0.3 is 7.12 Å². The van der Waals surface area contributed by atoms with Crippen molar-refractivity contribution >= 4 is 25.0 Å². The van der Waals surface area contributed by atoms with Crippen LogP contribution in [0.3, 0.4) is 0 Å². The van der Waals surface area contributed by atoms with E-state index in [0.717, 1.165) is 0 Å². The molecule has 1 saturated heterocycles. The van der Waals surface area contributed by atoms with E-state index >= 15 is 0 Å². The van der Waals surface area contributed by atoms with E-state index in [-0.39, 0.29) is 10.8 Å². The molecule has 0 saturated carbocycles. The van der Waals surface area contributed by atoms with Crippen molar-refractivity contribution in [2.24, 2.45) is 0 Å². The zero-order valence-electron chi connectivity index (χ0n) is 13.2. The Morgan fingerprint density at radius 2 is 1.48 bits per heavy atom. The SMILES string of the molecule is CC1(C)OB(c2ccc(P(C)(C)=O)c(F)c2F)OC1(C)C. The van der Waals surface area contributed by atoms with E-state index in [4.69, 9.17) is 9.31 Å². The fourth-order valence-corrected chi connectivity index (χ4v) is 3.13. The van der Waals surface area contributed by atoms with Gasteiger partial charge in [-0.25, -0.2) is 8.78 Å². The van der Waals surface area contributed by atoms with Crippen molar-refractivity contribution in [2.45, 2.75) is 38.9 Å². The van der Waals surface area contributed by atoms with Crippen molar-refractivity contribution in [1.29, 1.82) is 0 Å². The van der Waals surface area contributed by atoms with Gasteiger partial charge in [-0.1, -0.05) is 6.07 Å². The van der Waals surface area contributed by atoms with Gasteiger partial charge in [-0.3, -0.25) is 0 Å². The summed E-state index contributed by atoms with van der Waals surface area (Å²) >= 11 is 0. The first-order chi connectivity index (χ1) is 9.37. The van der Waals surface area contributed by atoms with Crippen LogP contribution in [-0.2, 0) is 13.9 Å². The van der Waals surface area contributed by atoms with E-state index in [0.29, 0.717) is 0 Å². The van der Waals surface area contributed by atoms with Crippen LogP contribution in [0, 0.1) is 11.6 Å². The molecule has 2 rings (SSSR count). The summed E-state index contributed by atoms with van der Waals surface area (Å²) in [5, 5.41) is -0.0970. The van der Waals surface area contributed by atoms with Crippen LogP contribution >= 0.6 is 7.14 Å². The van der Waals surface area contributed by atoms with Gasteiger partial charge in [0.05, 0.1) is 11.2 Å². The molecule has 0 aliphatic carbocycles. The molecule has 21 heavy (non-hydrogen) atoms. The quantitative estimate of drug-likeness (QED) is 0.621. The second-order valence-electron chi connectivity index (χ2n) is 6.74. The summed E-state index contributed by atoms with van der Waals surface area (Å²) in [5.74, 6) is -2.15. The van der Waals surface area contributed by atoms with Gasteiger partial charge in [-0.15, -0.1) is 0 Å². The largest absolute Gasteiger partial charge is 0.497 e. The summed E-state index contributed by atoms with van der Waals surface area (Å²) in [5.41, 5.74) is -1.28. The second kappa shape index (κ2) is 4.90. The molecule has 3 nitrogen and oxygen atoms in total. The maximum Gasteiger partial charge on any atom is 0.497 e. The Morgan fingerprint density at radius 1 is 1.00 bits per heavy atom. The van der Waals surface area contributed by atoms with E-state index in [1.807, 2.05) is 27.7 Å². The zero-order valence-corrected chi connectivity index (χ0v) is 14.1. The summed E-state index contributed by atoms with van der Waals surface area (Å²) in [6, 6.07) is 2.73. The molecule has 1 aliphatic rings. The van der Waals surface area contributed by atoms with Gasteiger partial charge in [-0.05, 0) is 47.1 Å². The molecule has 0 amide bonds. The van der Waals surface area contributed by atoms with Gasteiger partial charge in [-0.2, -0.15) is 0 Å². The van der Waals surface area contributed by atoms with Crippen molar-refractivity contribution in [1.82, 2.24) is 0 Å². The van der Waals surface area contributed by atoms with Crippen molar-refractivity contribution in [2.75, 3.05) is 13.3 Å². The molecule has 1 heterocycles. The molecular weight excluding hydrogens is 296 g/mol. The van der Waals surface area contributed by atoms with Crippen LogP contribution in [0.2, 0.25) is 0 Å². The van der Waals surface area contributed by atoms with Crippen LogP contribution < -0.4 is 10.8 Å². The van der Waals surface area contributed by atoms with Gasteiger partial charge in [0.15, 0.2) is 11.6 Å². The van der Waals surface area contributed by atoms with Gasteiger partial charge in [0.1, 0.15) is 7.14 Å². The van der Waals surface area contributed by atoms with E-state index in [9.17, 15) is 13.3 Å². The summed E-state index contributed by atoms with van der Waals surface area (Å²) in [4.78, 5) is 0. The number of hydrogen-bond acceptors (Lipinski definition) is 3. The fourth-order valence-electron chi connectivity index (χ4n) is 2.12. The first-order valence-electron chi connectivity index (χ1n) is 6.76. The summed E-state index contributed by atoms with van der Waals surface area (Å²) < 4.78 is 51.8. The molecule has 1 aliphatic heterocycles. The third-order valence-corrected chi connectivity index (χ3v) is 5.68. The lowest BCUT2D eigenvalue weighted by molar-refractivity contribution is 0.00578. The summed E-state index contributed by atoms with van der Waals surface area (Å²) in [7, 11) is -3.86. The second-order valence-corrected chi connectivity index (χ2v) is 9.92. The highest BCUT2D eigenvalue weighted by Gasteiger charge is 2.52. The van der Waals surface area contributed by atoms with E-state index in [1.165, 1.54) is 25.5 Å². The molecule has 1 aromatic carbocycles. The molecule has 7 heteroatoms. The average molecular weight is 316 g/mol. The Bertz CT molecular complexity index is 609. The number of benzene rings is 1. The maximum atomic E-state index is 14.3. The minimum Gasteiger partial charge on any atom is -0.399 e. The highest BCUT2D eigenvalue weighted by molar-refractivity contribution is 7.70.